The van der Waals surface area contributed by atoms with Crippen LogP contribution in [0.5, 0.6) is 5.75 Å². The molecule has 0 saturated heterocycles. The Morgan fingerprint density at radius 2 is 1.50 bits per heavy atom. The quantitative estimate of drug-likeness (QED) is 0.171. The van der Waals surface area contributed by atoms with E-state index < -0.39 is 0 Å². The maximum atomic E-state index is 12.4. The first kappa shape index (κ1) is 25.0. The van der Waals surface area contributed by atoms with Crippen LogP contribution in [-0.2, 0) is 0 Å². The summed E-state index contributed by atoms with van der Waals surface area (Å²) in [7, 11) is 2.03. The summed E-state index contributed by atoms with van der Waals surface area (Å²) in [6.07, 6.45) is 9.05. The molecule has 3 aromatic rings. The molecule has 0 aromatic heterocycles. The van der Waals surface area contributed by atoms with E-state index in [4.69, 9.17) is 4.74 Å². The van der Waals surface area contributed by atoms with E-state index in [-0.39, 0.29) is 5.91 Å². The Morgan fingerprint density at radius 1 is 0.853 bits per heavy atom. The van der Waals surface area contributed by atoms with Gasteiger partial charge in [-0.3, -0.25) is 4.79 Å². The van der Waals surface area contributed by atoms with Gasteiger partial charge >= 0.3 is 0 Å². The Bertz CT molecular complexity index is 1020. The molecule has 0 bridgehead atoms. The molecule has 178 valence electrons. The van der Waals surface area contributed by atoms with Crippen molar-refractivity contribution in [2.75, 3.05) is 18.6 Å². The van der Waals surface area contributed by atoms with Crippen LogP contribution in [0.1, 0.15) is 61.4 Å². The number of benzene rings is 3. The van der Waals surface area contributed by atoms with E-state index in [0.717, 1.165) is 29.1 Å². The minimum atomic E-state index is -0.251. The number of anilines is 2. The number of rotatable bonds is 13. The second-order valence-electron chi connectivity index (χ2n) is 8.33. The van der Waals surface area contributed by atoms with Crippen LogP contribution in [0.4, 0.5) is 11.4 Å². The summed E-state index contributed by atoms with van der Waals surface area (Å²) in [6, 6.07) is 25.4. The summed E-state index contributed by atoms with van der Waals surface area (Å²) >= 11 is 0. The van der Waals surface area contributed by atoms with Crippen molar-refractivity contribution in [3.05, 3.63) is 90.0 Å². The number of carbonyl (C=O) groups excluding carboxylic acids is 1. The number of hydrogen-bond donors (Lipinski definition) is 1. The molecule has 0 fully saturated rings. The second-order valence-corrected chi connectivity index (χ2v) is 8.33. The van der Waals surface area contributed by atoms with Gasteiger partial charge in [0.2, 0.25) is 0 Å². The normalized spacial score (nSPS) is 10.9. The largest absolute Gasteiger partial charge is 0.494 e. The predicted molar refractivity (Wildman–Crippen MR) is 141 cm³/mol. The molecule has 0 unspecified atom stereocenters. The first-order valence-corrected chi connectivity index (χ1v) is 12.1. The van der Waals surface area contributed by atoms with Crippen molar-refractivity contribution in [1.29, 1.82) is 0 Å². The summed E-state index contributed by atoms with van der Waals surface area (Å²) in [5.74, 6) is 0.535. The Morgan fingerprint density at radius 3 is 2.21 bits per heavy atom. The van der Waals surface area contributed by atoms with Gasteiger partial charge in [0.25, 0.3) is 5.91 Å². The van der Waals surface area contributed by atoms with Gasteiger partial charge in [-0.2, -0.15) is 5.10 Å². The van der Waals surface area contributed by atoms with Gasteiger partial charge in [-0.25, -0.2) is 5.43 Å². The molecule has 0 spiro atoms. The van der Waals surface area contributed by atoms with Gasteiger partial charge in [0, 0.05) is 24.0 Å². The number of nitrogens with one attached hydrogen (secondary N) is 1. The fraction of sp³-hybridized carbons (Fsp3) is 0.310. The average molecular weight is 458 g/mol. The van der Waals surface area contributed by atoms with Gasteiger partial charge in [0.1, 0.15) is 5.75 Å². The number of unbranched alkanes of at least 4 members (excludes halogenated alkanes) is 5. The Hall–Kier alpha value is -3.60. The van der Waals surface area contributed by atoms with Crippen LogP contribution < -0.4 is 15.1 Å². The highest BCUT2D eigenvalue weighted by atomic mass is 16.5. The Kier molecular flexibility index (Phi) is 10.2. The zero-order chi connectivity index (χ0) is 24.0. The molecule has 3 rings (SSSR count). The lowest BCUT2D eigenvalue weighted by Crippen LogP contribution is -2.17. The van der Waals surface area contributed by atoms with E-state index in [1.807, 2.05) is 61.6 Å². The zero-order valence-electron chi connectivity index (χ0n) is 20.2. The monoisotopic (exact) mass is 457 g/mol. The van der Waals surface area contributed by atoms with Gasteiger partial charge in [-0.1, -0.05) is 69.4 Å². The van der Waals surface area contributed by atoms with Gasteiger partial charge in [0.05, 0.1) is 12.8 Å². The van der Waals surface area contributed by atoms with Gasteiger partial charge in [-0.15, -0.1) is 0 Å². The molecule has 0 saturated carbocycles. The maximum Gasteiger partial charge on any atom is 0.271 e. The summed E-state index contributed by atoms with van der Waals surface area (Å²) in [5.41, 5.74) is 6.23. The van der Waals surface area contributed by atoms with Crippen LogP contribution in [0.15, 0.2) is 84.0 Å². The van der Waals surface area contributed by atoms with E-state index in [0.29, 0.717) is 12.2 Å². The van der Waals surface area contributed by atoms with Crippen molar-refractivity contribution in [3.8, 4) is 5.75 Å². The molecule has 0 heterocycles. The molecule has 0 atom stereocenters. The van der Waals surface area contributed by atoms with E-state index in [2.05, 4.69) is 34.5 Å². The van der Waals surface area contributed by atoms with E-state index in [9.17, 15) is 4.79 Å². The molecule has 1 N–H and O–H groups in total. The van der Waals surface area contributed by atoms with Crippen LogP contribution in [0.2, 0.25) is 0 Å². The van der Waals surface area contributed by atoms with Crippen molar-refractivity contribution in [1.82, 2.24) is 5.43 Å². The second kappa shape index (κ2) is 13.8. The summed E-state index contributed by atoms with van der Waals surface area (Å²) in [4.78, 5) is 14.5. The molecule has 5 nitrogen and oxygen atoms in total. The minimum absolute atomic E-state index is 0.251. The molecular weight excluding hydrogens is 422 g/mol. The molecule has 3 aromatic carbocycles. The molecule has 0 radical (unpaired) electrons. The van der Waals surface area contributed by atoms with Crippen LogP contribution in [-0.4, -0.2) is 25.8 Å². The number of hydrazone groups is 1. The number of amides is 1. The number of hydrogen-bond acceptors (Lipinski definition) is 4. The summed E-state index contributed by atoms with van der Waals surface area (Å²) < 4.78 is 5.78. The number of ether oxygens (including phenoxy) is 1. The third-order valence-electron chi connectivity index (χ3n) is 5.69. The van der Waals surface area contributed by atoms with Crippen molar-refractivity contribution in [2.24, 2.45) is 5.10 Å². The number of para-hydroxylation sites is 1. The summed E-state index contributed by atoms with van der Waals surface area (Å²) in [5, 5.41) is 4.09. The van der Waals surface area contributed by atoms with E-state index in [1.165, 1.54) is 32.1 Å². The lowest BCUT2D eigenvalue weighted by molar-refractivity contribution is 0.0955. The SMILES string of the molecule is CCCCCCCCOc1ccc(C(=O)NN=Cc2ccc(N(C)c3ccccc3)cc2)cc1. The van der Waals surface area contributed by atoms with Crippen LogP contribution in [0.25, 0.3) is 0 Å². The zero-order valence-corrected chi connectivity index (χ0v) is 20.2. The molecule has 5 heteroatoms. The Balaban J connectivity index is 1.42. The number of carbonyl (C=O) groups is 1. The third-order valence-corrected chi connectivity index (χ3v) is 5.69. The standard InChI is InChI=1S/C29H35N3O2/c1-3-4-5-6-7-11-22-34-28-20-16-25(17-21-28)29(33)31-30-23-24-14-18-27(19-15-24)32(2)26-12-9-8-10-13-26/h8-10,12-21,23H,3-7,11,22H2,1-2H3,(H,31,33). The maximum absolute atomic E-state index is 12.4. The first-order valence-electron chi connectivity index (χ1n) is 12.1. The Labute approximate surface area is 203 Å². The highest BCUT2D eigenvalue weighted by Crippen LogP contribution is 2.23. The molecular formula is C29H35N3O2. The fourth-order valence-electron chi connectivity index (χ4n) is 3.59. The predicted octanol–water partition coefficient (Wildman–Crippen LogP) is 6.96. The molecule has 1 amide bonds. The lowest BCUT2D eigenvalue weighted by atomic mass is 10.1. The van der Waals surface area contributed by atoms with Gasteiger partial charge < -0.3 is 9.64 Å². The van der Waals surface area contributed by atoms with Crippen LogP contribution >= 0.6 is 0 Å². The van der Waals surface area contributed by atoms with E-state index >= 15 is 0 Å². The fourth-order valence-corrected chi connectivity index (χ4v) is 3.59. The molecule has 34 heavy (non-hydrogen) atoms. The highest BCUT2D eigenvalue weighted by molar-refractivity contribution is 5.95. The molecule has 0 aliphatic heterocycles. The topological polar surface area (TPSA) is 53.9 Å². The van der Waals surface area contributed by atoms with Gasteiger partial charge in [0.15, 0.2) is 0 Å². The average Bonchev–Trinajstić information content (AvgIpc) is 2.89. The van der Waals surface area contributed by atoms with Crippen molar-refractivity contribution in [2.45, 2.75) is 45.4 Å². The first-order chi connectivity index (χ1) is 16.7. The van der Waals surface area contributed by atoms with Crippen molar-refractivity contribution in [3.63, 3.8) is 0 Å². The number of nitrogens with zero attached hydrogens (tertiary/aromatic N) is 2. The van der Waals surface area contributed by atoms with E-state index in [1.54, 1.807) is 18.3 Å². The highest BCUT2D eigenvalue weighted by Gasteiger charge is 2.05. The smallest absolute Gasteiger partial charge is 0.271 e. The molecule has 0 aliphatic rings. The van der Waals surface area contributed by atoms with Crippen molar-refractivity contribution < 1.29 is 9.53 Å². The third kappa shape index (κ3) is 8.07. The summed E-state index contributed by atoms with van der Waals surface area (Å²) in [6.45, 7) is 2.94. The van der Waals surface area contributed by atoms with Crippen LogP contribution in [0.3, 0.4) is 0 Å². The lowest BCUT2D eigenvalue weighted by Gasteiger charge is -2.19. The van der Waals surface area contributed by atoms with Crippen molar-refractivity contribution >= 4 is 23.5 Å². The molecule has 0 aliphatic carbocycles. The van der Waals surface area contributed by atoms with Crippen LogP contribution in [0, 0.1) is 0 Å². The van der Waals surface area contributed by atoms with Gasteiger partial charge in [-0.05, 0) is 60.5 Å². The minimum Gasteiger partial charge on any atom is -0.494 e.